The summed E-state index contributed by atoms with van der Waals surface area (Å²) in [5.41, 5.74) is 0.780. The van der Waals surface area contributed by atoms with Gasteiger partial charge in [0.2, 0.25) is 5.76 Å². The van der Waals surface area contributed by atoms with Gasteiger partial charge in [-0.05, 0) is 19.3 Å². The minimum atomic E-state index is -0.642. The molecule has 0 radical (unpaired) electrons. The first-order chi connectivity index (χ1) is 9.52. The topological polar surface area (TPSA) is 75.8 Å². The highest BCUT2D eigenvalue weighted by Gasteiger charge is 2.35. The number of aliphatic hydroxyl groups excluding tert-OH is 1. The molecule has 0 saturated carbocycles. The zero-order chi connectivity index (χ0) is 14.7. The number of ether oxygens (including phenoxy) is 1. The first-order valence-electron chi connectivity index (χ1n) is 7.05. The van der Waals surface area contributed by atoms with Crippen molar-refractivity contribution in [1.82, 2.24) is 10.1 Å². The first kappa shape index (κ1) is 15.0. The van der Waals surface area contributed by atoms with Gasteiger partial charge >= 0.3 is 0 Å². The third-order valence-electron chi connectivity index (χ3n) is 3.41. The van der Waals surface area contributed by atoms with Crippen molar-refractivity contribution < 1.29 is 19.2 Å². The predicted molar refractivity (Wildman–Crippen MR) is 72.4 cm³/mol. The minimum absolute atomic E-state index is 0.224. The van der Waals surface area contributed by atoms with Crippen LogP contribution in [0, 0.1) is 5.92 Å². The summed E-state index contributed by atoms with van der Waals surface area (Å²) in [6.07, 6.45) is 0.134. The summed E-state index contributed by atoms with van der Waals surface area (Å²) in [6.45, 7) is 7.15. The molecule has 1 amide bonds. The highest BCUT2D eigenvalue weighted by Crippen LogP contribution is 2.18. The van der Waals surface area contributed by atoms with Crippen LogP contribution in [0.25, 0.3) is 0 Å². The van der Waals surface area contributed by atoms with Crippen molar-refractivity contribution in [1.29, 1.82) is 0 Å². The average molecular weight is 282 g/mol. The molecule has 2 heterocycles. The molecule has 2 rings (SSSR count). The molecular formula is C14H22N2O4. The number of hydrogen-bond donors (Lipinski definition) is 1. The van der Waals surface area contributed by atoms with Crippen molar-refractivity contribution in [3.8, 4) is 0 Å². The molecule has 0 aromatic carbocycles. The summed E-state index contributed by atoms with van der Waals surface area (Å²) in [5.74, 6) is 0.432. The van der Waals surface area contributed by atoms with Gasteiger partial charge in [0.1, 0.15) is 0 Å². The van der Waals surface area contributed by atoms with Gasteiger partial charge in [-0.1, -0.05) is 19.0 Å². The lowest BCUT2D eigenvalue weighted by molar-refractivity contribution is 0.0484. The fourth-order valence-electron chi connectivity index (χ4n) is 2.43. The molecule has 0 bridgehead atoms. The summed E-state index contributed by atoms with van der Waals surface area (Å²) < 4.78 is 10.3. The van der Waals surface area contributed by atoms with E-state index in [9.17, 15) is 9.90 Å². The van der Waals surface area contributed by atoms with Crippen molar-refractivity contribution in [2.45, 2.75) is 39.3 Å². The standard InChI is InChI=1S/C14H22N2O4/c1-4-16(11-7-19-8-12(11)17)14(18)13-6-10(15-20-13)5-9(2)3/h6,9,11-12,17H,4-5,7-8H2,1-3H3/t11-,12-/m1/s1. The molecular weight excluding hydrogens is 260 g/mol. The Kier molecular flexibility index (Phi) is 4.77. The SMILES string of the molecule is CCN(C(=O)c1cc(CC(C)C)no1)[C@@H]1COC[C@H]1O. The second kappa shape index (κ2) is 6.37. The Labute approximate surface area is 118 Å². The summed E-state index contributed by atoms with van der Waals surface area (Å²) in [4.78, 5) is 14.0. The van der Waals surface area contributed by atoms with Gasteiger partial charge in [0.25, 0.3) is 5.91 Å². The van der Waals surface area contributed by atoms with Gasteiger partial charge in [0.15, 0.2) is 0 Å². The Morgan fingerprint density at radius 1 is 1.55 bits per heavy atom. The van der Waals surface area contributed by atoms with E-state index in [2.05, 4.69) is 19.0 Å². The molecule has 20 heavy (non-hydrogen) atoms. The first-order valence-corrected chi connectivity index (χ1v) is 7.05. The summed E-state index contributed by atoms with van der Waals surface area (Å²) >= 11 is 0. The van der Waals surface area contributed by atoms with Crippen molar-refractivity contribution in [2.75, 3.05) is 19.8 Å². The van der Waals surface area contributed by atoms with Crippen LogP contribution >= 0.6 is 0 Å². The third kappa shape index (κ3) is 3.19. The molecule has 1 aliphatic heterocycles. The zero-order valence-electron chi connectivity index (χ0n) is 12.2. The second-order valence-electron chi connectivity index (χ2n) is 5.54. The molecule has 6 nitrogen and oxygen atoms in total. The number of carbonyl (C=O) groups excluding carboxylic acids is 1. The van der Waals surface area contributed by atoms with Crippen LogP contribution in [-0.2, 0) is 11.2 Å². The van der Waals surface area contributed by atoms with Crippen LogP contribution in [0.1, 0.15) is 37.0 Å². The summed E-state index contributed by atoms with van der Waals surface area (Å²) in [5, 5.41) is 13.8. The lowest BCUT2D eigenvalue weighted by Crippen LogP contribution is -2.46. The van der Waals surface area contributed by atoms with E-state index in [0.29, 0.717) is 19.1 Å². The Morgan fingerprint density at radius 2 is 2.30 bits per heavy atom. The smallest absolute Gasteiger partial charge is 0.292 e. The van der Waals surface area contributed by atoms with Gasteiger partial charge in [-0.2, -0.15) is 0 Å². The van der Waals surface area contributed by atoms with Gasteiger partial charge in [0.05, 0.1) is 31.1 Å². The number of rotatable bonds is 5. The monoisotopic (exact) mass is 282 g/mol. The van der Waals surface area contributed by atoms with E-state index in [1.807, 2.05) is 6.92 Å². The highest BCUT2D eigenvalue weighted by molar-refractivity contribution is 5.91. The average Bonchev–Trinajstić information content (AvgIpc) is 3.00. The Hall–Kier alpha value is -1.40. The normalized spacial score (nSPS) is 22.4. The van der Waals surface area contributed by atoms with Crippen LogP contribution in [0.4, 0.5) is 0 Å². The molecule has 1 saturated heterocycles. The molecule has 2 atom stereocenters. The van der Waals surface area contributed by atoms with Crippen LogP contribution < -0.4 is 0 Å². The van der Waals surface area contributed by atoms with Crippen LogP contribution in [0.2, 0.25) is 0 Å². The van der Waals surface area contributed by atoms with E-state index >= 15 is 0 Å². The fourth-order valence-corrected chi connectivity index (χ4v) is 2.43. The maximum atomic E-state index is 12.4. The number of nitrogens with zero attached hydrogens (tertiary/aromatic N) is 2. The maximum absolute atomic E-state index is 12.4. The lowest BCUT2D eigenvalue weighted by atomic mass is 10.1. The van der Waals surface area contributed by atoms with Crippen molar-refractivity contribution in [3.63, 3.8) is 0 Å². The van der Waals surface area contributed by atoms with Crippen LogP contribution in [0.5, 0.6) is 0 Å². The Morgan fingerprint density at radius 3 is 2.85 bits per heavy atom. The number of likely N-dealkylation sites (N-methyl/N-ethyl adjacent to an activating group) is 1. The van der Waals surface area contributed by atoms with Crippen molar-refractivity contribution >= 4 is 5.91 Å². The number of aromatic nitrogens is 1. The molecule has 1 N–H and O–H groups in total. The second-order valence-corrected chi connectivity index (χ2v) is 5.54. The van der Waals surface area contributed by atoms with Gasteiger partial charge in [-0.15, -0.1) is 0 Å². The summed E-state index contributed by atoms with van der Waals surface area (Å²) in [7, 11) is 0. The Balaban J connectivity index is 2.10. The van der Waals surface area contributed by atoms with Crippen LogP contribution in [0.3, 0.4) is 0 Å². The lowest BCUT2D eigenvalue weighted by Gasteiger charge is -2.27. The molecule has 1 aliphatic rings. The predicted octanol–water partition coefficient (Wildman–Crippen LogP) is 1.09. The number of amides is 1. The van der Waals surface area contributed by atoms with Crippen LogP contribution in [-0.4, -0.2) is 53.0 Å². The molecule has 1 aromatic heterocycles. The highest BCUT2D eigenvalue weighted by atomic mass is 16.5. The molecule has 1 aromatic rings. The molecule has 0 aliphatic carbocycles. The zero-order valence-corrected chi connectivity index (χ0v) is 12.2. The van der Waals surface area contributed by atoms with E-state index < -0.39 is 6.10 Å². The van der Waals surface area contributed by atoms with Gasteiger partial charge in [-0.25, -0.2) is 0 Å². The molecule has 0 spiro atoms. The molecule has 112 valence electrons. The molecule has 1 fully saturated rings. The number of carbonyl (C=O) groups is 1. The van der Waals surface area contributed by atoms with E-state index in [-0.39, 0.29) is 24.3 Å². The quantitative estimate of drug-likeness (QED) is 0.875. The van der Waals surface area contributed by atoms with E-state index in [0.717, 1.165) is 12.1 Å². The maximum Gasteiger partial charge on any atom is 0.292 e. The van der Waals surface area contributed by atoms with E-state index in [1.165, 1.54) is 0 Å². The van der Waals surface area contributed by atoms with E-state index in [4.69, 9.17) is 9.26 Å². The molecule has 0 unspecified atom stereocenters. The summed E-state index contributed by atoms with van der Waals surface area (Å²) in [6, 6.07) is 1.37. The number of hydrogen-bond acceptors (Lipinski definition) is 5. The van der Waals surface area contributed by atoms with E-state index in [1.54, 1.807) is 11.0 Å². The van der Waals surface area contributed by atoms with Crippen LogP contribution in [0.15, 0.2) is 10.6 Å². The van der Waals surface area contributed by atoms with Gasteiger partial charge in [0, 0.05) is 12.6 Å². The third-order valence-corrected chi connectivity index (χ3v) is 3.41. The van der Waals surface area contributed by atoms with Gasteiger partial charge < -0.3 is 19.3 Å². The Bertz CT molecular complexity index is 458. The largest absolute Gasteiger partial charge is 0.388 e. The van der Waals surface area contributed by atoms with Crippen molar-refractivity contribution in [3.05, 3.63) is 17.5 Å². The minimum Gasteiger partial charge on any atom is -0.388 e. The van der Waals surface area contributed by atoms with Gasteiger partial charge in [-0.3, -0.25) is 4.79 Å². The number of aliphatic hydroxyl groups is 1. The molecule has 6 heteroatoms. The van der Waals surface area contributed by atoms with Crippen molar-refractivity contribution in [2.24, 2.45) is 5.92 Å². The fraction of sp³-hybridized carbons (Fsp3) is 0.714.